The summed E-state index contributed by atoms with van der Waals surface area (Å²) in [6.07, 6.45) is -0.872. The SMILES string of the molecule is CC1CN(S(=O)(=O)c2ccc(C#N)cc2Cl)CC(CO)O1. The number of halogens is 1. The van der Waals surface area contributed by atoms with E-state index in [1.807, 2.05) is 6.07 Å². The normalized spacial score (nSPS) is 23.7. The third kappa shape index (κ3) is 3.36. The molecule has 2 unspecified atom stereocenters. The van der Waals surface area contributed by atoms with Gasteiger partial charge < -0.3 is 9.84 Å². The van der Waals surface area contributed by atoms with Gasteiger partial charge in [0, 0.05) is 13.1 Å². The second-order valence-corrected chi connectivity index (χ2v) is 7.14. The molecule has 1 aromatic carbocycles. The standard InChI is InChI=1S/C13H15ClN2O4S/c1-9-6-16(7-11(8-17)20-9)21(18,19)13-3-2-10(5-15)4-12(13)14/h2-4,9,11,17H,6-8H2,1H3. The lowest BCUT2D eigenvalue weighted by Crippen LogP contribution is -2.50. The van der Waals surface area contributed by atoms with E-state index < -0.39 is 16.1 Å². The number of sulfonamides is 1. The zero-order chi connectivity index (χ0) is 15.6. The summed E-state index contributed by atoms with van der Waals surface area (Å²) in [4.78, 5) is -0.0473. The Hall–Kier alpha value is -1.17. The van der Waals surface area contributed by atoms with Crippen molar-refractivity contribution >= 4 is 21.6 Å². The van der Waals surface area contributed by atoms with Crippen molar-refractivity contribution in [2.24, 2.45) is 0 Å². The molecule has 0 bridgehead atoms. The Morgan fingerprint density at radius 3 is 2.81 bits per heavy atom. The number of aliphatic hydroxyl groups excluding tert-OH is 1. The molecule has 1 aliphatic heterocycles. The Morgan fingerprint density at radius 2 is 2.24 bits per heavy atom. The molecule has 2 rings (SSSR count). The number of ether oxygens (including phenoxy) is 1. The molecule has 6 nitrogen and oxygen atoms in total. The van der Waals surface area contributed by atoms with Crippen LogP contribution in [0.5, 0.6) is 0 Å². The molecular weight excluding hydrogens is 316 g/mol. The largest absolute Gasteiger partial charge is 0.394 e. The molecule has 1 aromatic rings. The van der Waals surface area contributed by atoms with Crippen molar-refractivity contribution in [3.8, 4) is 6.07 Å². The third-order valence-corrected chi connectivity index (χ3v) is 5.49. The van der Waals surface area contributed by atoms with Crippen LogP contribution in [0.1, 0.15) is 12.5 Å². The predicted octanol–water partition coefficient (Wildman–Crippen LogP) is 0.982. The first-order valence-corrected chi connectivity index (χ1v) is 8.16. The fraction of sp³-hybridized carbons (Fsp3) is 0.462. The fourth-order valence-electron chi connectivity index (χ4n) is 2.22. The Balaban J connectivity index is 2.36. The van der Waals surface area contributed by atoms with E-state index >= 15 is 0 Å². The quantitative estimate of drug-likeness (QED) is 0.892. The van der Waals surface area contributed by atoms with E-state index in [2.05, 4.69) is 0 Å². The van der Waals surface area contributed by atoms with Gasteiger partial charge in [-0.15, -0.1) is 0 Å². The van der Waals surface area contributed by atoms with E-state index in [1.165, 1.54) is 22.5 Å². The van der Waals surface area contributed by atoms with Crippen molar-refractivity contribution in [2.75, 3.05) is 19.7 Å². The van der Waals surface area contributed by atoms with E-state index in [4.69, 9.17) is 21.6 Å². The molecule has 0 radical (unpaired) electrons. The highest BCUT2D eigenvalue weighted by atomic mass is 35.5. The van der Waals surface area contributed by atoms with Crippen molar-refractivity contribution in [1.82, 2.24) is 4.31 Å². The second kappa shape index (κ2) is 6.30. The van der Waals surface area contributed by atoms with Crippen molar-refractivity contribution in [3.63, 3.8) is 0 Å². The van der Waals surface area contributed by atoms with Gasteiger partial charge in [-0.3, -0.25) is 0 Å². The zero-order valence-corrected chi connectivity index (χ0v) is 12.9. The van der Waals surface area contributed by atoms with Gasteiger partial charge >= 0.3 is 0 Å². The summed E-state index contributed by atoms with van der Waals surface area (Å²) >= 11 is 5.98. The van der Waals surface area contributed by atoms with E-state index in [1.54, 1.807) is 6.92 Å². The van der Waals surface area contributed by atoms with Crippen molar-refractivity contribution in [2.45, 2.75) is 24.0 Å². The Bertz CT molecular complexity index is 671. The van der Waals surface area contributed by atoms with Crippen molar-refractivity contribution < 1.29 is 18.3 Å². The molecule has 0 spiro atoms. The van der Waals surface area contributed by atoms with Gasteiger partial charge in [-0.05, 0) is 25.1 Å². The van der Waals surface area contributed by atoms with Gasteiger partial charge in [0.2, 0.25) is 10.0 Å². The fourth-order valence-corrected chi connectivity index (χ4v) is 4.28. The number of benzene rings is 1. The predicted molar refractivity (Wildman–Crippen MR) is 76.3 cm³/mol. The minimum Gasteiger partial charge on any atom is -0.394 e. The average molecular weight is 331 g/mol. The maximum absolute atomic E-state index is 12.6. The summed E-state index contributed by atoms with van der Waals surface area (Å²) in [5, 5.41) is 18.0. The van der Waals surface area contributed by atoms with Crippen LogP contribution in [0, 0.1) is 11.3 Å². The number of nitriles is 1. The number of morpholine rings is 1. The molecule has 1 fully saturated rings. The van der Waals surface area contributed by atoms with Gasteiger partial charge in [-0.25, -0.2) is 8.42 Å². The van der Waals surface area contributed by atoms with Crippen molar-refractivity contribution in [1.29, 1.82) is 5.26 Å². The first-order chi connectivity index (χ1) is 9.88. The molecule has 1 saturated heterocycles. The molecule has 0 amide bonds. The number of hydrogen-bond acceptors (Lipinski definition) is 5. The molecule has 0 saturated carbocycles. The van der Waals surface area contributed by atoms with Crippen LogP contribution >= 0.6 is 11.6 Å². The second-order valence-electron chi connectivity index (χ2n) is 4.83. The first kappa shape index (κ1) is 16.2. The molecule has 1 N–H and O–H groups in total. The molecule has 1 aliphatic rings. The summed E-state index contributed by atoms with van der Waals surface area (Å²) in [6.45, 7) is 1.75. The molecule has 0 aromatic heterocycles. The van der Waals surface area contributed by atoms with E-state index in [0.29, 0.717) is 5.56 Å². The summed E-state index contributed by atoms with van der Waals surface area (Å²) in [7, 11) is -3.79. The lowest BCUT2D eigenvalue weighted by atomic mass is 10.2. The smallest absolute Gasteiger partial charge is 0.244 e. The highest BCUT2D eigenvalue weighted by Crippen LogP contribution is 2.27. The van der Waals surface area contributed by atoms with E-state index in [0.717, 1.165) is 0 Å². The Morgan fingerprint density at radius 1 is 1.52 bits per heavy atom. The first-order valence-electron chi connectivity index (χ1n) is 6.34. The van der Waals surface area contributed by atoms with Crippen LogP contribution in [-0.2, 0) is 14.8 Å². The minimum absolute atomic E-state index is 0.00810. The topological polar surface area (TPSA) is 90.6 Å². The highest BCUT2D eigenvalue weighted by molar-refractivity contribution is 7.89. The van der Waals surface area contributed by atoms with Crippen LogP contribution in [0.4, 0.5) is 0 Å². The molecule has 0 aliphatic carbocycles. The molecule has 8 heteroatoms. The maximum Gasteiger partial charge on any atom is 0.244 e. The van der Waals surface area contributed by atoms with Gasteiger partial charge in [0.1, 0.15) is 4.90 Å². The average Bonchev–Trinajstić information content (AvgIpc) is 2.46. The monoisotopic (exact) mass is 330 g/mol. The Kier molecular flexibility index (Phi) is 4.86. The lowest BCUT2D eigenvalue weighted by Gasteiger charge is -2.35. The van der Waals surface area contributed by atoms with Gasteiger partial charge in [0.15, 0.2) is 0 Å². The third-order valence-electron chi connectivity index (χ3n) is 3.18. The van der Waals surface area contributed by atoms with Gasteiger partial charge in [0.25, 0.3) is 0 Å². The highest BCUT2D eigenvalue weighted by Gasteiger charge is 2.34. The van der Waals surface area contributed by atoms with Crippen LogP contribution in [0.25, 0.3) is 0 Å². The maximum atomic E-state index is 12.6. The summed E-state index contributed by atoms with van der Waals surface area (Å²) in [5.74, 6) is 0. The molecule has 21 heavy (non-hydrogen) atoms. The summed E-state index contributed by atoms with van der Waals surface area (Å²) in [6, 6.07) is 5.96. The number of rotatable bonds is 3. The minimum atomic E-state index is -3.79. The van der Waals surface area contributed by atoms with Crippen LogP contribution in [0.3, 0.4) is 0 Å². The van der Waals surface area contributed by atoms with Gasteiger partial charge in [0.05, 0.1) is 35.5 Å². The van der Waals surface area contributed by atoms with Crippen LogP contribution in [0.15, 0.2) is 23.1 Å². The van der Waals surface area contributed by atoms with Crippen molar-refractivity contribution in [3.05, 3.63) is 28.8 Å². The molecule has 114 valence electrons. The molecule has 1 heterocycles. The molecule has 2 atom stereocenters. The van der Waals surface area contributed by atoms with Crippen LogP contribution in [-0.4, -0.2) is 49.7 Å². The van der Waals surface area contributed by atoms with E-state index in [-0.39, 0.29) is 35.7 Å². The zero-order valence-electron chi connectivity index (χ0n) is 11.4. The van der Waals surface area contributed by atoms with Crippen LogP contribution < -0.4 is 0 Å². The van der Waals surface area contributed by atoms with Crippen LogP contribution in [0.2, 0.25) is 5.02 Å². The van der Waals surface area contributed by atoms with Gasteiger partial charge in [-0.2, -0.15) is 9.57 Å². The lowest BCUT2D eigenvalue weighted by molar-refractivity contribution is -0.0750. The number of aliphatic hydroxyl groups is 1. The number of hydrogen-bond donors (Lipinski definition) is 1. The Labute approximate surface area is 128 Å². The number of nitrogens with zero attached hydrogens (tertiary/aromatic N) is 2. The van der Waals surface area contributed by atoms with E-state index in [9.17, 15) is 13.5 Å². The van der Waals surface area contributed by atoms with Gasteiger partial charge in [-0.1, -0.05) is 11.6 Å². The summed E-state index contributed by atoms with van der Waals surface area (Å²) in [5.41, 5.74) is 0.294. The molecular formula is C13H15ClN2O4S. The summed E-state index contributed by atoms with van der Waals surface area (Å²) < 4.78 is 31.9.